The third-order valence-electron chi connectivity index (χ3n) is 4.77. The average Bonchev–Trinajstić information content (AvgIpc) is 2.38. The van der Waals surface area contributed by atoms with Gasteiger partial charge in [-0.05, 0) is 45.2 Å². The summed E-state index contributed by atoms with van der Waals surface area (Å²) in [6, 6.07) is 0. The molecule has 0 bridgehead atoms. The van der Waals surface area contributed by atoms with Gasteiger partial charge in [-0.15, -0.1) is 0 Å². The van der Waals surface area contributed by atoms with Crippen LogP contribution < -0.4 is 0 Å². The van der Waals surface area contributed by atoms with Gasteiger partial charge in [0.25, 0.3) is 0 Å². The molecule has 0 aromatic rings. The summed E-state index contributed by atoms with van der Waals surface area (Å²) >= 11 is 0. The lowest BCUT2D eigenvalue weighted by molar-refractivity contribution is -0.152. The monoisotopic (exact) mass is 255 g/mol. The molecule has 0 unspecified atom stereocenters. The van der Waals surface area contributed by atoms with Crippen LogP contribution >= 0.6 is 0 Å². The number of ether oxygens (including phenoxy) is 1. The van der Waals surface area contributed by atoms with Crippen LogP contribution in [0.25, 0.3) is 0 Å². The molecule has 0 aliphatic carbocycles. The number of hydrogen-bond donors (Lipinski definition) is 0. The van der Waals surface area contributed by atoms with Gasteiger partial charge in [0.2, 0.25) is 0 Å². The summed E-state index contributed by atoms with van der Waals surface area (Å²) in [6.45, 7) is 11.6. The summed E-state index contributed by atoms with van der Waals surface area (Å²) in [5.74, 6) is -0.106. The van der Waals surface area contributed by atoms with Crippen LogP contribution in [-0.4, -0.2) is 37.6 Å². The Hall–Kier alpha value is -0.570. The molecule has 0 saturated carbocycles. The van der Waals surface area contributed by atoms with Crippen LogP contribution in [0.1, 0.15) is 53.4 Å². The molecule has 1 saturated heterocycles. The molecule has 0 radical (unpaired) electrons. The average molecular weight is 255 g/mol. The topological polar surface area (TPSA) is 29.5 Å². The first-order valence-corrected chi connectivity index (χ1v) is 7.20. The summed E-state index contributed by atoms with van der Waals surface area (Å²) < 4.78 is 4.87. The summed E-state index contributed by atoms with van der Waals surface area (Å²) in [7, 11) is 1.47. The second-order valence-electron chi connectivity index (χ2n) is 6.36. The smallest absolute Gasteiger partial charge is 0.312 e. The van der Waals surface area contributed by atoms with Gasteiger partial charge in [0.05, 0.1) is 12.5 Å². The summed E-state index contributed by atoms with van der Waals surface area (Å²) in [4.78, 5) is 14.1. The number of esters is 1. The molecule has 1 fully saturated rings. The molecule has 18 heavy (non-hydrogen) atoms. The van der Waals surface area contributed by atoms with Crippen molar-refractivity contribution in [2.24, 2.45) is 10.8 Å². The van der Waals surface area contributed by atoms with Crippen LogP contribution in [0, 0.1) is 10.8 Å². The minimum Gasteiger partial charge on any atom is -0.469 e. The van der Waals surface area contributed by atoms with Gasteiger partial charge >= 0.3 is 5.97 Å². The van der Waals surface area contributed by atoms with E-state index in [4.69, 9.17) is 4.74 Å². The van der Waals surface area contributed by atoms with E-state index in [9.17, 15) is 4.79 Å². The molecule has 0 amide bonds. The Bertz CT molecular complexity index is 272. The van der Waals surface area contributed by atoms with Gasteiger partial charge in [-0.25, -0.2) is 0 Å². The first kappa shape index (κ1) is 15.5. The molecule has 0 spiro atoms. The Morgan fingerprint density at radius 3 is 2.11 bits per heavy atom. The van der Waals surface area contributed by atoms with Crippen LogP contribution in [0.2, 0.25) is 0 Å². The van der Waals surface area contributed by atoms with Gasteiger partial charge < -0.3 is 9.64 Å². The van der Waals surface area contributed by atoms with Crippen molar-refractivity contribution in [1.29, 1.82) is 0 Å². The van der Waals surface area contributed by atoms with Crippen molar-refractivity contribution >= 4 is 5.97 Å². The van der Waals surface area contributed by atoms with E-state index in [0.29, 0.717) is 5.41 Å². The molecule has 0 atom stereocenters. The summed E-state index contributed by atoms with van der Waals surface area (Å²) in [5.41, 5.74) is 0.152. The maximum Gasteiger partial charge on any atom is 0.312 e. The highest BCUT2D eigenvalue weighted by molar-refractivity contribution is 5.76. The fraction of sp³-hybridized carbons (Fsp3) is 0.933. The van der Waals surface area contributed by atoms with Gasteiger partial charge in [0.1, 0.15) is 0 Å². The molecular formula is C15H29NO2. The van der Waals surface area contributed by atoms with Gasteiger partial charge in [-0.1, -0.05) is 26.7 Å². The molecule has 1 heterocycles. The van der Waals surface area contributed by atoms with E-state index in [2.05, 4.69) is 18.7 Å². The second-order valence-corrected chi connectivity index (χ2v) is 6.36. The second kappa shape index (κ2) is 6.05. The standard InChI is InChI=1S/C15H29NO2/c1-6-15(7-2)8-10-16(11-9-15)12-14(3,4)13(17)18-5/h6-12H2,1-5H3. The zero-order valence-corrected chi connectivity index (χ0v) is 12.7. The van der Waals surface area contributed by atoms with E-state index in [0.717, 1.165) is 19.6 Å². The van der Waals surface area contributed by atoms with Gasteiger partial charge in [-0.3, -0.25) is 4.79 Å². The number of hydrogen-bond acceptors (Lipinski definition) is 3. The third kappa shape index (κ3) is 3.47. The zero-order chi connectivity index (χ0) is 13.8. The Morgan fingerprint density at radius 1 is 1.22 bits per heavy atom. The molecular weight excluding hydrogens is 226 g/mol. The highest BCUT2D eigenvalue weighted by Gasteiger charge is 2.36. The zero-order valence-electron chi connectivity index (χ0n) is 12.7. The maximum absolute atomic E-state index is 11.7. The SMILES string of the molecule is CCC1(CC)CCN(CC(C)(C)C(=O)OC)CC1. The van der Waals surface area contributed by atoms with E-state index >= 15 is 0 Å². The molecule has 0 N–H and O–H groups in total. The van der Waals surface area contributed by atoms with Crippen molar-refractivity contribution in [3.05, 3.63) is 0 Å². The molecule has 0 aromatic heterocycles. The van der Waals surface area contributed by atoms with E-state index in [1.165, 1.54) is 32.8 Å². The van der Waals surface area contributed by atoms with Crippen LogP contribution in [0.5, 0.6) is 0 Å². The molecule has 1 aliphatic heterocycles. The van der Waals surface area contributed by atoms with Crippen LogP contribution in [0.4, 0.5) is 0 Å². The first-order valence-electron chi connectivity index (χ1n) is 7.20. The lowest BCUT2D eigenvalue weighted by Gasteiger charge is -2.42. The normalized spacial score (nSPS) is 20.7. The van der Waals surface area contributed by atoms with Crippen LogP contribution in [0.15, 0.2) is 0 Å². The Morgan fingerprint density at radius 2 is 1.72 bits per heavy atom. The largest absolute Gasteiger partial charge is 0.469 e. The van der Waals surface area contributed by atoms with Crippen LogP contribution in [0.3, 0.4) is 0 Å². The fourth-order valence-corrected chi connectivity index (χ4v) is 3.04. The molecule has 106 valence electrons. The number of rotatable bonds is 5. The minimum atomic E-state index is -0.396. The molecule has 0 aromatic carbocycles. The lowest BCUT2D eigenvalue weighted by atomic mass is 9.74. The summed E-state index contributed by atoms with van der Waals surface area (Å²) in [5, 5.41) is 0. The van der Waals surface area contributed by atoms with E-state index < -0.39 is 5.41 Å². The lowest BCUT2D eigenvalue weighted by Crippen LogP contribution is -2.46. The maximum atomic E-state index is 11.7. The predicted molar refractivity (Wildman–Crippen MR) is 74.5 cm³/mol. The molecule has 1 rings (SSSR count). The van der Waals surface area contributed by atoms with E-state index in [1.54, 1.807) is 0 Å². The Balaban J connectivity index is 2.51. The Kier molecular flexibility index (Phi) is 5.20. The van der Waals surface area contributed by atoms with Crippen molar-refractivity contribution in [3.63, 3.8) is 0 Å². The van der Waals surface area contributed by atoms with E-state index in [-0.39, 0.29) is 5.97 Å². The molecule has 3 nitrogen and oxygen atoms in total. The van der Waals surface area contributed by atoms with Gasteiger partial charge in [0.15, 0.2) is 0 Å². The predicted octanol–water partition coefficient (Wildman–Crippen LogP) is 3.09. The van der Waals surface area contributed by atoms with Crippen LogP contribution in [-0.2, 0) is 9.53 Å². The van der Waals surface area contributed by atoms with Crippen molar-refractivity contribution in [3.8, 4) is 0 Å². The number of nitrogens with zero attached hydrogens (tertiary/aromatic N) is 1. The first-order chi connectivity index (χ1) is 8.39. The quantitative estimate of drug-likeness (QED) is 0.707. The minimum absolute atomic E-state index is 0.106. The highest BCUT2D eigenvalue weighted by Crippen LogP contribution is 2.38. The highest BCUT2D eigenvalue weighted by atomic mass is 16.5. The third-order valence-corrected chi connectivity index (χ3v) is 4.77. The molecule has 3 heteroatoms. The van der Waals surface area contributed by atoms with Crippen molar-refractivity contribution in [2.75, 3.05) is 26.7 Å². The number of likely N-dealkylation sites (tertiary alicyclic amines) is 1. The summed E-state index contributed by atoms with van der Waals surface area (Å²) in [6.07, 6.45) is 5.07. The van der Waals surface area contributed by atoms with Crippen molar-refractivity contribution in [1.82, 2.24) is 4.90 Å². The van der Waals surface area contributed by atoms with Gasteiger partial charge in [-0.2, -0.15) is 0 Å². The number of piperidine rings is 1. The number of carbonyl (C=O) groups is 1. The number of carbonyl (C=O) groups excluding carboxylic acids is 1. The van der Waals surface area contributed by atoms with Crippen molar-refractivity contribution in [2.45, 2.75) is 53.4 Å². The Labute approximate surface area is 112 Å². The fourth-order valence-electron chi connectivity index (χ4n) is 3.04. The van der Waals surface area contributed by atoms with Crippen molar-refractivity contribution < 1.29 is 9.53 Å². The molecule has 1 aliphatic rings. The number of methoxy groups -OCH3 is 1. The van der Waals surface area contributed by atoms with Gasteiger partial charge in [0, 0.05) is 6.54 Å². The van der Waals surface area contributed by atoms with E-state index in [1.807, 2.05) is 13.8 Å².